The summed E-state index contributed by atoms with van der Waals surface area (Å²) in [5.41, 5.74) is 7.36. The largest absolute Gasteiger partial charge is 0.326 e. The molecule has 2 aromatic rings. The van der Waals surface area contributed by atoms with E-state index in [4.69, 9.17) is 5.73 Å². The predicted molar refractivity (Wildman–Crippen MR) is 95.0 cm³/mol. The van der Waals surface area contributed by atoms with Crippen molar-refractivity contribution >= 4 is 22.4 Å². The van der Waals surface area contributed by atoms with E-state index in [1.807, 2.05) is 30.3 Å². The Labute approximate surface area is 147 Å². The van der Waals surface area contributed by atoms with Gasteiger partial charge in [-0.25, -0.2) is 12.8 Å². The average molecular weight is 371 g/mol. The fourth-order valence-corrected chi connectivity index (χ4v) is 4.57. The van der Waals surface area contributed by atoms with Crippen molar-refractivity contribution < 1.29 is 12.8 Å². The van der Waals surface area contributed by atoms with Gasteiger partial charge in [-0.15, -0.1) is 12.4 Å². The Morgan fingerprint density at radius 3 is 2.33 bits per heavy atom. The van der Waals surface area contributed by atoms with E-state index in [1.165, 1.54) is 16.4 Å². The lowest BCUT2D eigenvalue weighted by Crippen LogP contribution is -2.33. The molecule has 2 atom stereocenters. The van der Waals surface area contributed by atoms with E-state index in [1.54, 1.807) is 12.1 Å². The fraction of sp³-hybridized carbons (Fsp3) is 0.294. The van der Waals surface area contributed by atoms with Gasteiger partial charge in [0.05, 0.1) is 5.75 Å². The van der Waals surface area contributed by atoms with Gasteiger partial charge in [0.25, 0.3) is 0 Å². The molecule has 3 rings (SSSR count). The van der Waals surface area contributed by atoms with Crippen molar-refractivity contribution in [2.75, 3.05) is 13.1 Å². The molecule has 2 N–H and O–H groups in total. The number of nitrogens with two attached hydrogens (primary N) is 1. The second kappa shape index (κ2) is 7.61. The summed E-state index contributed by atoms with van der Waals surface area (Å²) in [7, 11) is -3.60. The first-order valence-electron chi connectivity index (χ1n) is 7.49. The molecular formula is C17H20ClFN2O2S. The van der Waals surface area contributed by atoms with E-state index in [0.29, 0.717) is 6.54 Å². The van der Waals surface area contributed by atoms with Crippen LogP contribution in [0, 0.1) is 5.82 Å². The Bertz CT molecular complexity index is 786. The van der Waals surface area contributed by atoms with E-state index in [0.717, 1.165) is 5.56 Å². The van der Waals surface area contributed by atoms with Gasteiger partial charge in [-0.1, -0.05) is 48.5 Å². The summed E-state index contributed by atoms with van der Waals surface area (Å²) < 4.78 is 40.3. The fourth-order valence-electron chi connectivity index (χ4n) is 2.97. The molecule has 130 valence electrons. The Hall–Kier alpha value is -1.47. The molecule has 1 fully saturated rings. The molecule has 4 nitrogen and oxygen atoms in total. The van der Waals surface area contributed by atoms with Gasteiger partial charge in [0.15, 0.2) is 0 Å². The van der Waals surface area contributed by atoms with Gasteiger partial charge in [-0.2, -0.15) is 4.31 Å². The lowest BCUT2D eigenvalue weighted by molar-refractivity contribution is 0.468. The Kier molecular flexibility index (Phi) is 5.98. The van der Waals surface area contributed by atoms with Crippen LogP contribution >= 0.6 is 12.4 Å². The number of rotatable bonds is 4. The van der Waals surface area contributed by atoms with Crippen molar-refractivity contribution in [2.45, 2.75) is 17.7 Å². The molecule has 1 aliphatic heterocycles. The van der Waals surface area contributed by atoms with Crippen LogP contribution in [0.4, 0.5) is 4.39 Å². The second-order valence-corrected chi connectivity index (χ2v) is 7.81. The molecule has 0 aliphatic carbocycles. The topological polar surface area (TPSA) is 63.4 Å². The lowest BCUT2D eigenvalue weighted by atomic mass is 9.95. The van der Waals surface area contributed by atoms with E-state index in [2.05, 4.69) is 0 Å². The van der Waals surface area contributed by atoms with Gasteiger partial charge >= 0.3 is 0 Å². The standard InChI is InChI=1S/C17H19FN2O2S.ClH/c18-16-9-5-4-8-14(16)12-23(21,22)20-10-15(17(19)11-20)13-6-2-1-3-7-13;/h1-9,15,17H,10-12,19H2;1H/t15-,17+;/m0./s1. The third-order valence-corrected chi connectivity index (χ3v) is 6.01. The second-order valence-electron chi connectivity index (χ2n) is 5.85. The number of hydrogen-bond acceptors (Lipinski definition) is 3. The molecule has 0 unspecified atom stereocenters. The molecule has 1 aliphatic rings. The zero-order valence-corrected chi connectivity index (χ0v) is 14.6. The van der Waals surface area contributed by atoms with Gasteiger partial charge < -0.3 is 5.73 Å². The summed E-state index contributed by atoms with van der Waals surface area (Å²) in [4.78, 5) is 0. The quantitative estimate of drug-likeness (QED) is 0.899. The summed E-state index contributed by atoms with van der Waals surface area (Å²) in [5.74, 6) is -0.876. The SMILES string of the molecule is Cl.N[C@@H]1CN(S(=O)(=O)Cc2ccccc2F)C[C@H]1c1ccccc1. The summed E-state index contributed by atoms with van der Waals surface area (Å²) in [5, 5.41) is 0. The van der Waals surface area contributed by atoms with E-state index in [9.17, 15) is 12.8 Å². The minimum Gasteiger partial charge on any atom is -0.326 e. The first-order valence-corrected chi connectivity index (χ1v) is 9.10. The molecule has 0 spiro atoms. The summed E-state index contributed by atoms with van der Waals surface area (Å²) in [6.45, 7) is 0.596. The third-order valence-electron chi connectivity index (χ3n) is 4.25. The average Bonchev–Trinajstić information content (AvgIpc) is 2.93. The van der Waals surface area contributed by atoms with Crippen LogP contribution in [0.1, 0.15) is 17.0 Å². The molecule has 0 aromatic heterocycles. The van der Waals surface area contributed by atoms with Crippen LogP contribution in [0.3, 0.4) is 0 Å². The van der Waals surface area contributed by atoms with Crippen LogP contribution in [-0.4, -0.2) is 31.9 Å². The van der Waals surface area contributed by atoms with Gasteiger partial charge in [0, 0.05) is 30.6 Å². The monoisotopic (exact) mass is 370 g/mol. The number of benzene rings is 2. The first kappa shape index (κ1) is 18.9. The molecular weight excluding hydrogens is 351 g/mol. The maximum Gasteiger partial charge on any atom is 0.218 e. The molecule has 0 radical (unpaired) electrons. The van der Waals surface area contributed by atoms with Crippen molar-refractivity contribution in [1.82, 2.24) is 4.31 Å². The first-order chi connectivity index (χ1) is 11.0. The predicted octanol–water partition coefficient (Wildman–Crippen LogP) is 2.50. The van der Waals surface area contributed by atoms with E-state index < -0.39 is 15.8 Å². The van der Waals surface area contributed by atoms with E-state index in [-0.39, 0.29) is 42.2 Å². The number of nitrogens with zero attached hydrogens (tertiary/aromatic N) is 1. The van der Waals surface area contributed by atoms with Crippen molar-refractivity contribution in [1.29, 1.82) is 0 Å². The van der Waals surface area contributed by atoms with Crippen LogP contribution in [0.25, 0.3) is 0 Å². The number of halogens is 2. The highest BCUT2D eigenvalue weighted by molar-refractivity contribution is 7.88. The molecule has 7 heteroatoms. The van der Waals surface area contributed by atoms with Crippen LogP contribution in [0.15, 0.2) is 54.6 Å². The highest BCUT2D eigenvalue weighted by Gasteiger charge is 2.37. The molecule has 2 aromatic carbocycles. The van der Waals surface area contributed by atoms with Crippen LogP contribution < -0.4 is 5.73 Å². The van der Waals surface area contributed by atoms with Gasteiger partial charge in [-0.05, 0) is 11.6 Å². The van der Waals surface area contributed by atoms with Crippen LogP contribution in [-0.2, 0) is 15.8 Å². The highest BCUT2D eigenvalue weighted by atomic mass is 35.5. The van der Waals surface area contributed by atoms with Gasteiger partial charge in [-0.3, -0.25) is 0 Å². The Morgan fingerprint density at radius 2 is 1.67 bits per heavy atom. The molecule has 1 heterocycles. The normalized spacial score (nSPS) is 21.4. The van der Waals surface area contributed by atoms with Crippen LogP contribution in [0.2, 0.25) is 0 Å². The molecule has 0 saturated carbocycles. The molecule has 0 amide bonds. The maximum atomic E-state index is 13.7. The Balaban J connectivity index is 0.00000208. The van der Waals surface area contributed by atoms with Gasteiger partial charge in [0.2, 0.25) is 10.0 Å². The van der Waals surface area contributed by atoms with Crippen molar-refractivity contribution in [3.05, 3.63) is 71.5 Å². The number of sulfonamides is 1. The summed E-state index contributed by atoms with van der Waals surface area (Å²) in [6, 6.07) is 15.3. The number of hydrogen-bond donors (Lipinski definition) is 1. The summed E-state index contributed by atoms with van der Waals surface area (Å²) >= 11 is 0. The smallest absolute Gasteiger partial charge is 0.218 e. The Morgan fingerprint density at radius 1 is 1.04 bits per heavy atom. The zero-order valence-electron chi connectivity index (χ0n) is 13.0. The van der Waals surface area contributed by atoms with Crippen molar-refractivity contribution in [2.24, 2.45) is 5.73 Å². The summed E-state index contributed by atoms with van der Waals surface area (Å²) in [6.07, 6.45) is 0. The minimum atomic E-state index is -3.60. The molecule has 0 bridgehead atoms. The van der Waals surface area contributed by atoms with Crippen molar-refractivity contribution in [3.8, 4) is 0 Å². The van der Waals surface area contributed by atoms with Crippen molar-refractivity contribution in [3.63, 3.8) is 0 Å². The van der Waals surface area contributed by atoms with Gasteiger partial charge in [0.1, 0.15) is 5.82 Å². The lowest BCUT2D eigenvalue weighted by Gasteiger charge is -2.17. The molecule has 24 heavy (non-hydrogen) atoms. The zero-order chi connectivity index (χ0) is 16.4. The highest BCUT2D eigenvalue weighted by Crippen LogP contribution is 2.29. The maximum absolute atomic E-state index is 13.7. The molecule has 1 saturated heterocycles. The van der Waals surface area contributed by atoms with Crippen LogP contribution in [0.5, 0.6) is 0 Å². The third kappa shape index (κ3) is 3.95. The minimum absolute atomic E-state index is 0. The van der Waals surface area contributed by atoms with E-state index >= 15 is 0 Å².